The molecule has 3 rings (SSSR count). The first-order valence-corrected chi connectivity index (χ1v) is 10.2. The van der Waals surface area contributed by atoms with Gasteiger partial charge in [0.2, 0.25) is 0 Å². The van der Waals surface area contributed by atoms with Crippen molar-refractivity contribution in [2.75, 3.05) is 24.7 Å². The fourth-order valence-corrected chi connectivity index (χ4v) is 5.14. The fraction of sp³-hybridized carbons (Fsp3) is 0.647. The average molecular weight is 339 g/mol. The Hall–Kier alpha value is -0.950. The van der Waals surface area contributed by atoms with E-state index in [0.717, 1.165) is 19.3 Å². The minimum absolute atomic E-state index is 0.0370. The molecule has 2 N–H and O–H groups in total. The first-order chi connectivity index (χ1) is 11.0. The zero-order valence-electron chi connectivity index (χ0n) is 13.3. The number of nitrogens with one attached hydrogen (secondary N) is 1. The van der Waals surface area contributed by atoms with Crippen molar-refractivity contribution in [1.29, 1.82) is 0 Å². The van der Waals surface area contributed by atoms with E-state index in [1.807, 2.05) is 6.07 Å². The average Bonchev–Trinajstić information content (AvgIpc) is 2.90. The highest BCUT2D eigenvalue weighted by Crippen LogP contribution is 2.32. The summed E-state index contributed by atoms with van der Waals surface area (Å²) in [6.07, 6.45) is 3.25. The molecule has 0 radical (unpaired) electrons. The summed E-state index contributed by atoms with van der Waals surface area (Å²) >= 11 is 0. The zero-order chi connectivity index (χ0) is 16.3. The predicted octanol–water partition coefficient (Wildman–Crippen LogP) is 1.22. The lowest BCUT2D eigenvalue weighted by Gasteiger charge is -2.27. The predicted molar refractivity (Wildman–Crippen MR) is 89.1 cm³/mol. The van der Waals surface area contributed by atoms with Gasteiger partial charge in [-0.25, -0.2) is 8.42 Å². The van der Waals surface area contributed by atoms with E-state index in [0.29, 0.717) is 13.0 Å². The molecule has 2 aliphatic rings. The zero-order valence-corrected chi connectivity index (χ0v) is 14.1. The smallest absolute Gasteiger partial charge is 0.151 e. The molecule has 0 unspecified atom stereocenters. The third-order valence-corrected chi connectivity index (χ3v) is 6.45. The Labute approximate surface area is 138 Å². The van der Waals surface area contributed by atoms with Crippen molar-refractivity contribution in [1.82, 2.24) is 5.32 Å². The van der Waals surface area contributed by atoms with Crippen LogP contribution in [0.1, 0.15) is 36.5 Å². The Morgan fingerprint density at radius 3 is 2.91 bits per heavy atom. The van der Waals surface area contributed by atoms with Crippen LogP contribution in [0.25, 0.3) is 0 Å². The minimum Gasteiger partial charge on any atom is -0.389 e. The fourth-order valence-electron chi connectivity index (χ4n) is 3.43. The largest absolute Gasteiger partial charge is 0.389 e. The number of aliphatic hydroxyl groups excluding tert-OH is 1. The van der Waals surface area contributed by atoms with Crippen molar-refractivity contribution >= 4 is 9.84 Å². The van der Waals surface area contributed by atoms with Gasteiger partial charge in [-0.2, -0.15) is 0 Å². The van der Waals surface area contributed by atoms with Crippen molar-refractivity contribution in [3.8, 4) is 0 Å². The van der Waals surface area contributed by atoms with Crippen molar-refractivity contribution in [2.45, 2.75) is 43.9 Å². The van der Waals surface area contributed by atoms with Crippen molar-refractivity contribution in [2.24, 2.45) is 0 Å². The van der Waals surface area contributed by atoms with Crippen LogP contribution in [0.3, 0.4) is 0 Å². The lowest BCUT2D eigenvalue weighted by atomic mass is 9.89. The van der Waals surface area contributed by atoms with Gasteiger partial charge in [-0.05, 0) is 36.8 Å². The maximum atomic E-state index is 11.4. The number of sulfone groups is 1. The summed E-state index contributed by atoms with van der Waals surface area (Å²) < 4.78 is 28.7. The molecule has 5 nitrogen and oxygen atoms in total. The molecule has 23 heavy (non-hydrogen) atoms. The van der Waals surface area contributed by atoms with Crippen LogP contribution >= 0.6 is 0 Å². The molecule has 6 heteroatoms. The molecule has 1 aliphatic carbocycles. The Kier molecular flexibility index (Phi) is 5.36. The summed E-state index contributed by atoms with van der Waals surface area (Å²) in [4.78, 5) is 0. The summed E-state index contributed by atoms with van der Waals surface area (Å²) in [6, 6.07) is 8.29. The summed E-state index contributed by atoms with van der Waals surface area (Å²) in [7, 11) is -2.88. The monoisotopic (exact) mass is 339 g/mol. The van der Waals surface area contributed by atoms with E-state index in [4.69, 9.17) is 4.74 Å². The van der Waals surface area contributed by atoms with Gasteiger partial charge in [0.05, 0.1) is 30.3 Å². The first kappa shape index (κ1) is 16.9. The molecule has 1 saturated heterocycles. The van der Waals surface area contributed by atoms with Gasteiger partial charge < -0.3 is 15.2 Å². The normalized spacial score (nSPS) is 27.5. The topological polar surface area (TPSA) is 75.6 Å². The van der Waals surface area contributed by atoms with Crippen LogP contribution in [0, 0.1) is 0 Å². The van der Waals surface area contributed by atoms with Crippen LogP contribution in [0.4, 0.5) is 0 Å². The number of hydrogen-bond donors (Lipinski definition) is 2. The highest BCUT2D eigenvalue weighted by atomic mass is 32.2. The van der Waals surface area contributed by atoms with E-state index in [2.05, 4.69) is 23.5 Å². The number of ether oxygens (including phenoxy) is 1. The molecule has 1 aromatic carbocycles. The standard InChI is InChI=1S/C17H25NO4S/c19-15(10-18-14-8-9-23(20,21)12-14)11-22-17-7-3-5-13-4-1-2-6-16(13)17/h1-2,4,6,14-15,17-19H,3,5,7-12H2/t14-,15-,17-/m0/s1. The second-order valence-corrected chi connectivity index (χ2v) is 8.80. The molecule has 1 fully saturated rings. The van der Waals surface area contributed by atoms with E-state index in [1.54, 1.807) is 0 Å². The summed E-state index contributed by atoms with van der Waals surface area (Å²) in [5.41, 5.74) is 2.58. The molecular weight excluding hydrogens is 314 g/mol. The van der Waals surface area contributed by atoms with Gasteiger partial charge in [0, 0.05) is 12.6 Å². The highest BCUT2D eigenvalue weighted by molar-refractivity contribution is 7.91. The third kappa shape index (κ3) is 4.53. The Morgan fingerprint density at radius 2 is 2.13 bits per heavy atom. The second kappa shape index (κ2) is 7.30. The molecule has 1 heterocycles. The molecule has 1 aromatic rings. The number of hydrogen-bond acceptors (Lipinski definition) is 5. The quantitative estimate of drug-likeness (QED) is 0.815. The van der Waals surface area contributed by atoms with E-state index in [-0.39, 0.29) is 30.3 Å². The minimum atomic E-state index is -2.88. The molecule has 0 aromatic heterocycles. The van der Waals surface area contributed by atoms with Gasteiger partial charge in [-0.1, -0.05) is 24.3 Å². The number of aliphatic hydroxyl groups is 1. The van der Waals surface area contributed by atoms with Crippen LogP contribution in [-0.4, -0.2) is 50.3 Å². The Bertz CT molecular complexity index is 631. The molecular formula is C17H25NO4S. The number of fused-ring (bicyclic) bond motifs is 1. The summed E-state index contributed by atoms with van der Waals surface area (Å²) in [5.74, 6) is 0.423. The SMILES string of the molecule is O=S1(=O)CC[C@H](NC[C@H](O)CO[C@H]2CCCc3ccccc32)C1. The number of benzene rings is 1. The summed E-state index contributed by atoms with van der Waals surface area (Å²) in [6.45, 7) is 0.639. The van der Waals surface area contributed by atoms with Gasteiger partial charge in [-0.15, -0.1) is 0 Å². The van der Waals surface area contributed by atoms with Crippen LogP contribution in [0.5, 0.6) is 0 Å². The first-order valence-electron chi connectivity index (χ1n) is 8.35. The molecule has 0 saturated carbocycles. The lowest BCUT2D eigenvalue weighted by Crippen LogP contribution is -2.38. The number of aryl methyl sites for hydroxylation is 1. The van der Waals surface area contributed by atoms with Crippen LogP contribution in [-0.2, 0) is 21.0 Å². The van der Waals surface area contributed by atoms with Gasteiger partial charge in [0.25, 0.3) is 0 Å². The highest BCUT2D eigenvalue weighted by Gasteiger charge is 2.28. The maximum absolute atomic E-state index is 11.4. The summed E-state index contributed by atoms with van der Waals surface area (Å²) in [5, 5.41) is 13.2. The van der Waals surface area contributed by atoms with Gasteiger partial charge in [0.15, 0.2) is 9.84 Å². The third-order valence-electron chi connectivity index (χ3n) is 4.68. The lowest BCUT2D eigenvalue weighted by molar-refractivity contribution is -0.0172. The number of rotatable bonds is 6. The maximum Gasteiger partial charge on any atom is 0.151 e. The molecule has 0 amide bonds. The molecule has 1 aliphatic heterocycles. The van der Waals surface area contributed by atoms with E-state index in [9.17, 15) is 13.5 Å². The van der Waals surface area contributed by atoms with Crippen molar-refractivity contribution < 1.29 is 18.3 Å². The van der Waals surface area contributed by atoms with E-state index >= 15 is 0 Å². The Balaban J connectivity index is 1.44. The van der Waals surface area contributed by atoms with E-state index < -0.39 is 15.9 Å². The molecule has 0 spiro atoms. The van der Waals surface area contributed by atoms with Crippen LogP contribution in [0.2, 0.25) is 0 Å². The van der Waals surface area contributed by atoms with Crippen molar-refractivity contribution in [3.63, 3.8) is 0 Å². The second-order valence-electron chi connectivity index (χ2n) is 6.58. The van der Waals surface area contributed by atoms with Crippen molar-refractivity contribution in [3.05, 3.63) is 35.4 Å². The molecule has 0 bridgehead atoms. The Morgan fingerprint density at radius 1 is 1.30 bits per heavy atom. The van der Waals surface area contributed by atoms with Gasteiger partial charge >= 0.3 is 0 Å². The van der Waals surface area contributed by atoms with Gasteiger partial charge in [-0.3, -0.25) is 0 Å². The van der Waals surface area contributed by atoms with Crippen LogP contribution in [0.15, 0.2) is 24.3 Å². The van der Waals surface area contributed by atoms with Gasteiger partial charge in [0.1, 0.15) is 0 Å². The van der Waals surface area contributed by atoms with Crippen LogP contribution < -0.4 is 5.32 Å². The molecule has 128 valence electrons. The van der Waals surface area contributed by atoms with E-state index in [1.165, 1.54) is 11.1 Å². The molecule has 3 atom stereocenters.